The van der Waals surface area contributed by atoms with Crippen molar-refractivity contribution in [1.29, 1.82) is 0 Å². The van der Waals surface area contributed by atoms with Crippen LogP contribution in [0.3, 0.4) is 0 Å². The molecule has 0 radical (unpaired) electrons. The van der Waals surface area contributed by atoms with E-state index in [9.17, 15) is 0 Å². The summed E-state index contributed by atoms with van der Waals surface area (Å²) < 4.78 is 0. The lowest BCUT2D eigenvalue weighted by Gasteiger charge is -2.18. The fraction of sp³-hybridized carbons (Fsp3) is 0.429. The molecule has 0 bridgehead atoms. The van der Waals surface area contributed by atoms with Gasteiger partial charge in [-0.3, -0.25) is 4.90 Å². The average Bonchev–Trinajstić information content (AvgIpc) is 2.51. The standard InChI is InChI=1S/C14H20N2/c15-9-3-4-10-16-11-5-8-13-6-1-2-7-14(13)12-16/h1-4,6-7H,5,8-12,15H2. The number of nitrogens with two attached hydrogens (primary N) is 1. The van der Waals surface area contributed by atoms with Crippen LogP contribution in [0.1, 0.15) is 17.5 Å². The molecule has 0 saturated carbocycles. The van der Waals surface area contributed by atoms with E-state index in [1.165, 1.54) is 30.5 Å². The van der Waals surface area contributed by atoms with Gasteiger partial charge in [0.25, 0.3) is 0 Å². The molecular weight excluding hydrogens is 196 g/mol. The zero-order chi connectivity index (χ0) is 11.2. The molecule has 2 nitrogen and oxygen atoms in total. The van der Waals surface area contributed by atoms with Crippen molar-refractivity contribution in [3.63, 3.8) is 0 Å². The molecule has 1 aliphatic rings. The lowest BCUT2D eigenvalue weighted by molar-refractivity contribution is 0.299. The van der Waals surface area contributed by atoms with Gasteiger partial charge in [-0.15, -0.1) is 0 Å². The molecule has 0 aromatic heterocycles. The third-order valence-corrected chi connectivity index (χ3v) is 3.10. The highest BCUT2D eigenvalue weighted by molar-refractivity contribution is 5.28. The summed E-state index contributed by atoms with van der Waals surface area (Å²) in [5.74, 6) is 0. The summed E-state index contributed by atoms with van der Waals surface area (Å²) in [5, 5.41) is 0. The van der Waals surface area contributed by atoms with Crippen LogP contribution in [0.5, 0.6) is 0 Å². The quantitative estimate of drug-likeness (QED) is 0.783. The second-order valence-electron chi connectivity index (χ2n) is 4.31. The SMILES string of the molecule is NCC=CCN1CCCc2ccccc2C1. The van der Waals surface area contributed by atoms with Gasteiger partial charge in [-0.25, -0.2) is 0 Å². The smallest absolute Gasteiger partial charge is 0.0239 e. The fourth-order valence-electron chi connectivity index (χ4n) is 2.24. The van der Waals surface area contributed by atoms with Crippen molar-refractivity contribution >= 4 is 0 Å². The Morgan fingerprint density at radius 2 is 2.00 bits per heavy atom. The number of hydrogen-bond acceptors (Lipinski definition) is 2. The van der Waals surface area contributed by atoms with Crippen molar-refractivity contribution in [2.24, 2.45) is 5.73 Å². The fourth-order valence-corrected chi connectivity index (χ4v) is 2.24. The Hall–Kier alpha value is -1.12. The van der Waals surface area contributed by atoms with Crippen LogP contribution in [0.4, 0.5) is 0 Å². The summed E-state index contributed by atoms with van der Waals surface area (Å²) in [4.78, 5) is 2.48. The minimum Gasteiger partial charge on any atom is -0.327 e. The summed E-state index contributed by atoms with van der Waals surface area (Å²) in [5.41, 5.74) is 8.45. The lowest BCUT2D eigenvalue weighted by atomic mass is 10.0. The van der Waals surface area contributed by atoms with E-state index < -0.39 is 0 Å². The minimum absolute atomic E-state index is 0.643. The molecule has 0 aliphatic carbocycles. The molecule has 0 fully saturated rings. The Bertz CT molecular complexity index is 358. The first-order valence-corrected chi connectivity index (χ1v) is 6.04. The molecule has 2 N–H and O–H groups in total. The molecule has 2 heteroatoms. The molecule has 0 atom stereocenters. The van der Waals surface area contributed by atoms with Gasteiger partial charge in [-0.1, -0.05) is 36.4 Å². The van der Waals surface area contributed by atoms with Crippen LogP contribution in [0.2, 0.25) is 0 Å². The molecule has 1 aromatic rings. The molecule has 0 amide bonds. The number of benzene rings is 1. The Morgan fingerprint density at radius 1 is 1.19 bits per heavy atom. The van der Waals surface area contributed by atoms with Gasteiger partial charge in [0.2, 0.25) is 0 Å². The van der Waals surface area contributed by atoms with E-state index >= 15 is 0 Å². The number of rotatable bonds is 3. The van der Waals surface area contributed by atoms with Crippen LogP contribution >= 0.6 is 0 Å². The average molecular weight is 216 g/mol. The topological polar surface area (TPSA) is 29.3 Å². The van der Waals surface area contributed by atoms with E-state index in [-0.39, 0.29) is 0 Å². The predicted octanol–water partition coefficient (Wildman–Crippen LogP) is 1.95. The van der Waals surface area contributed by atoms with Gasteiger partial charge in [0.05, 0.1) is 0 Å². The summed E-state index contributed by atoms with van der Waals surface area (Å²) in [6, 6.07) is 8.79. The third-order valence-electron chi connectivity index (χ3n) is 3.10. The normalized spacial score (nSPS) is 17.3. The lowest BCUT2D eigenvalue weighted by Crippen LogP contribution is -2.23. The molecule has 0 unspecified atom stereocenters. The Labute approximate surface area is 97.8 Å². The molecule has 0 saturated heterocycles. The van der Waals surface area contributed by atoms with Gasteiger partial charge < -0.3 is 5.73 Å². The third kappa shape index (κ3) is 2.94. The van der Waals surface area contributed by atoms with Crippen LogP contribution in [0.25, 0.3) is 0 Å². The summed E-state index contributed by atoms with van der Waals surface area (Å²) in [6.45, 7) is 3.92. The zero-order valence-electron chi connectivity index (χ0n) is 9.73. The van der Waals surface area contributed by atoms with E-state index in [0.29, 0.717) is 6.54 Å². The van der Waals surface area contributed by atoms with Crippen LogP contribution in [-0.4, -0.2) is 24.5 Å². The zero-order valence-corrected chi connectivity index (χ0v) is 9.73. The number of fused-ring (bicyclic) bond motifs is 1. The molecular formula is C14H20N2. The van der Waals surface area contributed by atoms with Crippen molar-refractivity contribution < 1.29 is 0 Å². The van der Waals surface area contributed by atoms with E-state index in [2.05, 4.69) is 35.2 Å². The van der Waals surface area contributed by atoms with Crippen molar-refractivity contribution in [2.45, 2.75) is 19.4 Å². The van der Waals surface area contributed by atoms with Crippen LogP contribution in [-0.2, 0) is 13.0 Å². The molecule has 2 rings (SSSR count). The maximum atomic E-state index is 5.45. The second-order valence-corrected chi connectivity index (χ2v) is 4.31. The predicted molar refractivity (Wildman–Crippen MR) is 68.2 cm³/mol. The van der Waals surface area contributed by atoms with E-state index in [1.807, 2.05) is 6.08 Å². The van der Waals surface area contributed by atoms with Gasteiger partial charge in [-0.05, 0) is 30.5 Å². The van der Waals surface area contributed by atoms with Gasteiger partial charge >= 0.3 is 0 Å². The Balaban J connectivity index is 2.02. The van der Waals surface area contributed by atoms with Crippen molar-refractivity contribution in [1.82, 2.24) is 4.90 Å². The molecule has 1 heterocycles. The molecule has 1 aliphatic heterocycles. The van der Waals surface area contributed by atoms with Crippen molar-refractivity contribution in [3.05, 3.63) is 47.5 Å². The first-order chi connectivity index (χ1) is 7.90. The second kappa shape index (κ2) is 5.83. The number of nitrogens with zero attached hydrogens (tertiary/aromatic N) is 1. The highest BCUT2D eigenvalue weighted by Gasteiger charge is 2.12. The Morgan fingerprint density at radius 3 is 2.81 bits per heavy atom. The monoisotopic (exact) mass is 216 g/mol. The first-order valence-electron chi connectivity index (χ1n) is 6.04. The molecule has 86 valence electrons. The summed E-state index contributed by atoms with van der Waals surface area (Å²) in [6.07, 6.45) is 6.69. The molecule has 0 spiro atoms. The molecule has 16 heavy (non-hydrogen) atoms. The maximum absolute atomic E-state index is 5.45. The van der Waals surface area contributed by atoms with Crippen LogP contribution in [0, 0.1) is 0 Å². The van der Waals surface area contributed by atoms with Crippen LogP contribution in [0.15, 0.2) is 36.4 Å². The van der Waals surface area contributed by atoms with E-state index in [0.717, 1.165) is 13.1 Å². The van der Waals surface area contributed by atoms with E-state index in [1.54, 1.807) is 0 Å². The largest absolute Gasteiger partial charge is 0.327 e. The van der Waals surface area contributed by atoms with Crippen LogP contribution < -0.4 is 5.73 Å². The minimum atomic E-state index is 0.643. The van der Waals surface area contributed by atoms with Crippen molar-refractivity contribution in [3.8, 4) is 0 Å². The number of aryl methyl sites for hydroxylation is 1. The highest BCUT2D eigenvalue weighted by Crippen LogP contribution is 2.17. The highest BCUT2D eigenvalue weighted by atomic mass is 15.1. The van der Waals surface area contributed by atoms with Gasteiger partial charge in [-0.2, -0.15) is 0 Å². The number of hydrogen-bond donors (Lipinski definition) is 1. The van der Waals surface area contributed by atoms with Gasteiger partial charge in [0.1, 0.15) is 0 Å². The van der Waals surface area contributed by atoms with Crippen molar-refractivity contribution in [2.75, 3.05) is 19.6 Å². The van der Waals surface area contributed by atoms with E-state index in [4.69, 9.17) is 5.73 Å². The summed E-state index contributed by atoms with van der Waals surface area (Å²) >= 11 is 0. The van der Waals surface area contributed by atoms with Gasteiger partial charge in [0.15, 0.2) is 0 Å². The van der Waals surface area contributed by atoms with Gasteiger partial charge in [0, 0.05) is 19.6 Å². The maximum Gasteiger partial charge on any atom is 0.0239 e. The first kappa shape index (κ1) is 11.4. The summed E-state index contributed by atoms with van der Waals surface area (Å²) in [7, 11) is 0. The molecule has 1 aromatic carbocycles. The Kier molecular flexibility index (Phi) is 4.14.